The molecule has 2 aromatic carbocycles. The van der Waals surface area contributed by atoms with Crippen LogP contribution in [0, 0.1) is 5.92 Å². The zero-order valence-electron chi connectivity index (χ0n) is 19.3. The van der Waals surface area contributed by atoms with Crippen molar-refractivity contribution in [2.24, 2.45) is 5.92 Å². The first-order chi connectivity index (χ1) is 16.4. The fourth-order valence-electron chi connectivity index (χ4n) is 5.39. The molecule has 2 amide bonds. The first-order valence-corrected chi connectivity index (χ1v) is 12.0. The van der Waals surface area contributed by atoms with Gasteiger partial charge >= 0.3 is 12.1 Å². The van der Waals surface area contributed by atoms with Crippen LogP contribution in [0.25, 0.3) is 11.1 Å². The van der Waals surface area contributed by atoms with Crippen molar-refractivity contribution in [3.8, 4) is 11.1 Å². The van der Waals surface area contributed by atoms with Crippen molar-refractivity contribution in [3.63, 3.8) is 0 Å². The molecule has 2 N–H and O–H groups in total. The number of aliphatic carboxylic acids is 1. The summed E-state index contributed by atoms with van der Waals surface area (Å²) in [6, 6.07) is 16.4. The molecule has 2 fully saturated rings. The second kappa shape index (κ2) is 8.78. The van der Waals surface area contributed by atoms with E-state index in [2.05, 4.69) is 29.6 Å². The third-order valence-corrected chi connectivity index (χ3v) is 7.61. The average molecular weight is 463 g/mol. The van der Waals surface area contributed by atoms with Crippen molar-refractivity contribution in [2.75, 3.05) is 13.2 Å². The van der Waals surface area contributed by atoms with Crippen LogP contribution >= 0.6 is 0 Å². The van der Waals surface area contributed by atoms with Crippen LogP contribution in [0.15, 0.2) is 48.5 Å². The molecule has 5 rings (SSSR count). The number of carbonyl (C=O) groups is 3. The first-order valence-electron chi connectivity index (χ1n) is 12.0. The van der Waals surface area contributed by atoms with Crippen LogP contribution in [0.2, 0.25) is 0 Å². The minimum absolute atomic E-state index is 0.00774. The zero-order valence-corrected chi connectivity index (χ0v) is 19.3. The minimum atomic E-state index is -0.859. The van der Waals surface area contributed by atoms with E-state index in [9.17, 15) is 19.5 Å². The summed E-state index contributed by atoms with van der Waals surface area (Å²) >= 11 is 0. The molecule has 2 aliphatic carbocycles. The van der Waals surface area contributed by atoms with Crippen molar-refractivity contribution >= 4 is 18.0 Å². The van der Waals surface area contributed by atoms with E-state index in [1.54, 1.807) is 4.90 Å². The van der Waals surface area contributed by atoms with Crippen molar-refractivity contribution < 1.29 is 24.2 Å². The molecule has 0 bridgehead atoms. The quantitative estimate of drug-likeness (QED) is 0.672. The molecule has 178 valence electrons. The van der Waals surface area contributed by atoms with Gasteiger partial charge in [0.15, 0.2) is 0 Å². The number of nitrogens with one attached hydrogen (secondary N) is 1. The summed E-state index contributed by atoms with van der Waals surface area (Å²) in [5, 5.41) is 12.3. The minimum Gasteiger partial charge on any atom is -0.481 e. The van der Waals surface area contributed by atoms with Crippen LogP contribution in [0.5, 0.6) is 0 Å². The SMILES string of the molecule is CC1CCC(C(=O)O)CN1C(=O)CC1(NC(=O)OCC2c3ccccc3-c3ccccc32)CC1. The number of amides is 2. The Morgan fingerprint density at radius 1 is 1.03 bits per heavy atom. The number of carbonyl (C=O) groups excluding carboxylic acids is 2. The Hall–Kier alpha value is -3.35. The summed E-state index contributed by atoms with van der Waals surface area (Å²) in [7, 11) is 0. The predicted molar refractivity (Wildman–Crippen MR) is 126 cm³/mol. The van der Waals surface area contributed by atoms with E-state index < -0.39 is 23.5 Å². The van der Waals surface area contributed by atoms with E-state index in [0.717, 1.165) is 11.1 Å². The highest BCUT2D eigenvalue weighted by Gasteiger charge is 2.48. The fraction of sp³-hybridized carbons (Fsp3) is 0.444. The van der Waals surface area contributed by atoms with Crippen LogP contribution in [-0.2, 0) is 14.3 Å². The van der Waals surface area contributed by atoms with Gasteiger partial charge in [-0.05, 0) is 54.9 Å². The number of carboxylic acid groups (broad SMARTS) is 1. The lowest BCUT2D eigenvalue weighted by molar-refractivity contribution is -0.147. The van der Waals surface area contributed by atoms with Crippen LogP contribution < -0.4 is 5.32 Å². The van der Waals surface area contributed by atoms with Crippen molar-refractivity contribution in [2.45, 2.75) is 56.5 Å². The lowest BCUT2D eigenvalue weighted by Crippen LogP contribution is -2.50. The summed E-state index contributed by atoms with van der Waals surface area (Å²) in [4.78, 5) is 38.8. The van der Waals surface area contributed by atoms with E-state index in [-0.39, 0.29) is 37.4 Å². The summed E-state index contributed by atoms with van der Waals surface area (Å²) in [6.07, 6.45) is 2.36. The number of piperidine rings is 1. The summed E-state index contributed by atoms with van der Waals surface area (Å²) in [5.74, 6) is -1.50. The van der Waals surface area contributed by atoms with Gasteiger partial charge in [0.2, 0.25) is 5.91 Å². The highest BCUT2D eigenvalue weighted by atomic mass is 16.5. The number of nitrogens with zero attached hydrogens (tertiary/aromatic N) is 1. The predicted octanol–water partition coefficient (Wildman–Crippen LogP) is 4.16. The van der Waals surface area contributed by atoms with E-state index in [4.69, 9.17) is 4.74 Å². The molecule has 2 aromatic rings. The number of benzene rings is 2. The average Bonchev–Trinajstić information content (AvgIpc) is 3.49. The van der Waals surface area contributed by atoms with Crippen LogP contribution in [0.1, 0.15) is 56.1 Å². The molecular weight excluding hydrogens is 432 g/mol. The standard InChI is InChI=1S/C27H30N2O5/c1-17-10-11-18(25(31)32)15-29(17)24(30)14-27(12-13-27)28-26(33)34-16-23-21-8-4-2-6-19(21)20-7-3-5-9-22(20)23/h2-9,17-18,23H,10-16H2,1H3,(H,28,33)(H,31,32). The van der Waals surface area contributed by atoms with Crippen molar-refractivity contribution in [3.05, 3.63) is 59.7 Å². The van der Waals surface area contributed by atoms with Gasteiger partial charge in [0.1, 0.15) is 6.61 Å². The third kappa shape index (κ3) is 4.27. The zero-order chi connectivity index (χ0) is 23.9. The Bertz CT molecular complexity index is 1080. The maximum absolute atomic E-state index is 13.0. The largest absolute Gasteiger partial charge is 0.481 e. The number of ether oxygens (including phenoxy) is 1. The Morgan fingerprint density at radius 3 is 2.24 bits per heavy atom. The molecule has 0 aromatic heterocycles. The maximum Gasteiger partial charge on any atom is 0.407 e. The summed E-state index contributed by atoms with van der Waals surface area (Å²) in [5.41, 5.74) is 4.06. The Morgan fingerprint density at radius 2 is 1.65 bits per heavy atom. The van der Waals surface area contributed by atoms with Gasteiger partial charge in [-0.2, -0.15) is 0 Å². The lowest BCUT2D eigenvalue weighted by Gasteiger charge is -2.37. The molecule has 7 nitrogen and oxygen atoms in total. The normalized spacial score (nSPS) is 22.4. The van der Waals surface area contributed by atoms with Gasteiger partial charge in [0.25, 0.3) is 0 Å². The first kappa shape index (κ1) is 22.4. The molecule has 1 heterocycles. The van der Waals surface area contributed by atoms with Gasteiger partial charge in [0.05, 0.1) is 17.9 Å². The van der Waals surface area contributed by atoms with Crippen LogP contribution in [-0.4, -0.2) is 52.7 Å². The number of hydrogen-bond donors (Lipinski definition) is 2. The molecule has 2 unspecified atom stereocenters. The number of hydrogen-bond acceptors (Lipinski definition) is 4. The topological polar surface area (TPSA) is 95.9 Å². The van der Waals surface area contributed by atoms with Gasteiger partial charge in [-0.25, -0.2) is 4.79 Å². The molecule has 2 atom stereocenters. The van der Waals surface area contributed by atoms with E-state index in [1.807, 2.05) is 31.2 Å². The number of fused-ring (bicyclic) bond motifs is 3. The number of alkyl carbamates (subject to hydrolysis) is 1. The van der Waals surface area contributed by atoms with Gasteiger partial charge < -0.3 is 20.1 Å². The number of rotatable bonds is 6. The monoisotopic (exact) mass is 462 g/mol. The van der Waals surface area contributed by atoms with Gasteiger partial charge in [-0.15, -0.1) is 0 Å². The molecule has 0 spiro atoms. The second-order valence-electron chi connectivity index (χ2n) is 9.92. The molecule has 1 aliphatic heterocycles. The molecular formula is C27H30N2O5. The maximum atomic E-state index is 13.0. The summed E-state index contributed by atoms with van der Waals surface area (Å²) in [6.45, 7) is 2.41. The Balaban J connectivity index is 1.19. The number of carboxylic acids is 1. The van der Waals surface area contributed by atoms with Crippen LogP contribution in [0.3, 0.4) is 0 Å². The van der Waals surface area contributed by atoms with Gasteiger partial charge in [-0.1, -0.05) is 48.5 Å². The smallest absolute Gasteiger partial charge is 0.407 e. The van der Waals surface area contributed by atoms with Crippen molar-refractivity contribution in [1.29, 1.82) is 0 Å². The molecule has 3 aliphatic rings. The van der Waals surface area contributed by atoms with E-state index in [1.165, 1.54) is 11.1 Å². The van der Waals surface area contributed by atoms with Gasteiger partial charge in [-0.3, -0.25) is 9.59 Å². The highest BCUT2D eigenvalue weighted by Crippen LogP contribution is 2.45. The Kier molecular flexibility index (Phi) is 5.80. The summed E-state index contributed by atoms with van der Waals surface area (Å²) < 4.78 is 5.66. The molecule has 1 saturated heterocycles. The molecule has 34 heavy (non-hydrogen) atoms. The Labute approximate surface area is 199 Å². The number of likely N-dealkylation sites (tertiary alicyclic amines) is 1. The molecule has 7 heteroatoms. The molecule has 0 radical (unpaired) electrons. The van der Waals surface area contributed by atoms with E-state index in [0.29, 0.717) is 25.7 Å². The third-order valence-electron chi connectivity index (χ3n) is 7.61. The van der Waals surface area contributed by atoms with Crippen LogP contribution in [0.4, 0.5) is 4.79 Å². The molecule has 1 saturated carbocycles. The fourth-order valence-corrected chi connectivity index (χ4v) is 5.39. The van der Waals surface area contributed by atoms with Crippen molar-refractivity contribution in [1.82, 2.24) is 10.2 Å². The highest BCUT2D eigenvalue weighted by molar-refractivity contribution is 5.82. The van der Waals surface area contributed by atoms with E-state index >= 15 is 0 Å². The lowest BCUT2D eigenvalue weighted by atomic mass is 9.93. The second-order valence-corrected chi connectivity index (χ2v) is 9.92. The van der Waals surface area contributed by atoms with Gasteiger partial charge in [0, 0.05) is 18.5 Å².